The summed E-state index contributed by atoms with van der Waals surface area (Å²) in [5.41, 5.74) is 3.63. The summed E-state index contributed by atoms with van der Waals surface area (Å²) in [4.78, 5) is 10.1. The van der Waals surface area contributed by atoms with Gasteiger partial charge in [-0.2, -0.15) is 0 Å². The molecule has 31 heavy (non-hydrogen) atoms. The Hall–Kier alpha value is -2.43. The highest BCUT2D eigenvalue weighted by Gasteiger charge is 2.22. The monoisotopic (exact) mass is 415 g/mol. The fourth-order valence-corrected chi connectivity index (χ4v) is 5.18. The van der Waals surface area contributed by atoms with E-state index in [0.29, 0.717) is 5.92 Å². The molecule has 1 aliphatic carbocycles. The van der Waals surface area contributed by atoms with Crippen LogP contribution < -0.4 is 4.90 Å². The van der Waals surface area contributed by atoms with Gasteiger partial charge in [-0.05, 0) is 55.2 Å². The Morgan fingerprint density at radius 2 is 1.61 bits per heavy atom. The zero-order valence-electron chi connectivity index (χ0n) is 18.5. The third kappa shape index (κ3) is 4.32. The third-order valence-corrected chi connectivity index (χ3v) is 7.21. The Morgan fingerprint density at radius 3 is 2.32 bits per heavy atom. The molecule has 0 spiro atoms. The Bertz CT molecular complexity index is 1020. The lowest BCUT2D eigenvalue weighted by Gasteiger charge is -2.35. The Kier molecular flexibility index (Phi) is 5.93. The molecular weight excluding hydrogens is 382 g/mol. The van der Waals surface area contributed by atoms with E-state index in [1.54, 1.807) is 0 Å². The van der Waals surface area contributed by atoms with Gasteiger partial charge in [-0.3, -0.25) is 0 Å². The van der Waals surface area contributed by atoms with Crippen molar-refractivity contribution in [2.45, 2.75) is 44.6 Å². The summed E-state index contributed by atoms with van der Waals surface area (Å²) in [6, 6.07) is 19.9. The van der Waals surface area contributed by atoms with Gasteiger partial charge in [-0.15, -0.1) is 0 Å². The van der Waals surface area contributed by atoms with Crippen LogP contribution >= 0.6 is 0 Å². The molecule has 4 nitrogen and oxygen atoms in total. The number of nitrogens with zero attached hydrogens (tertiary/aromatic N) is 3. The number of aromatic nitrogens is 1. The van der Waals surface area contributed by atoms with E-state index in [2.05, 4.69) is 71.3 Å². The van der Waals surface area contributed by atoms with Gasteiger partial charge < -0.3 is 14.9 Å². The fourth-order valence-electron chi connectivity index (χ4n) is 5.18. The lowest BCUT2D eigenvalue weighted by atomic mass is 9.82. The molecule has 1 aromatic heterocycles. The lowest BCUT2D eigenvalue weighted by molar-refractivity contribution is 0.122. The van der Waals surface area contributed by atoms with Crippen molar-refractivity contribution in [3.05, 3.63) is 60.2 Å². The van der Waals surface area contributed by atoms with E-state index < -0.39 is 0 Å². The largest absolute Gasteiger partial charge is 0.393 e. The minimum atomic E-state index is -0.102. The molecule has 4 heteroatoms. The number of aliphatic hydroxyl groups is 1. The van der Waals surface area contributed by atoms with Crippen molar-refractivity contribution >= 4 is 16.6 Å². The third-order valence-electron chi connectivity index (χ3n) is 7.21. The molecule has 162 valence electrons. The smallest absolute Gasteiger partial charge is 0.137 e. The molecule has 2 fully saturated rings. The molecule has 1 N–H and O–H groups in total. The van der Waals surface area contributed by atoms with E-state index >= 15 is 0 Å². The first kappa shape index (κ1) is 20.5. The van der Waals surface area contributed by atoms with E-state index in [0.717, 1.165) is 69.9 Å². The number of anilines is 1. The first-order valence-corrected chi connectivity index (χ1v) is 11.9. The van der Waals surface area contributed by atoms with Crippen LogP contribution in [0.25, 0.3) is 22.0 Å². The van der Waals surface area contributed by atoms with Crippen LogP contribution in [0.15, 0.2) is 54.6 Å². The van der Waals surface area contributed by atoms with Gasteiger partial charge in [0.15, 0.2) is 0 Å². The average Bonchev–Trinajstić information content (AvgIpc) is 2.84. The minimum Gasteiger partial charge on any atom is -0.393 e. The van der Waals surface area contributed by atoms with E-state index in [1.165, 1.54) is 21.9 Å². The summed E-state index contributed by atoms with van der Waals surface area (Å²) in [6.07, 6.45) is 3.92. The molecule has 0 radical (unpaired) electrons. The van der Waals surface area contributed by atoms with Gasteiger partial charge in [0, 0.05) is 37.1 Å². The molecule has 1 saturated heterocycles. The molecular formula is C27H33N3O. The molecule has 2 aliphatic rings. The van der Waals surface area contributed by atoms with Gasteiger partial charge >= 0.3 is 0 Å². The van der Waals surface area contributed by atoms with Crippen LogP contribution in [0.2, 0.25) is 0 Å². The van der Waals surface area contributed by atoms with Crippen molar-refractivity contribution in [2.75, 3.05) is 37.6 Å². The van der Waals surface area contributed by atoms with Crippen molar-refractivity contribution in [3.63, 3.8) is 0 Å². The average molecular weight is 416 g/mol. The molecule has 0 bridgehead atoms. The van der Waals surface area contributed by atoms with Crippen LogP contribution in [0.3, 0.4) is 0 Å². The van der Waals surface area contributed by atoms with Crippen LogP contribution in [-0.2, 0) is 0 Å². The number of hydrogen-bond acceptors (Lipinski definition) is 4. The van der Waals surface area contributed by atoms with Crippen molar-refractivity contribution in [1.29, 1.82) is 0 Å². The van der Waals surface area contributed by atoms with E-state index in [4.69, 9.17) is 4.98 Å². The summed E-state index contributed by atoms with van der Waals surface area (Å²) in [6.45, 7) is 7.61. The van der Waals surface area contributed by atoms with Gasteiger partial charge in [-0.1, -0.05) is 55.5 Å². The van der Waals surface area contributed by atoms with Gasteiger partial charge in [0.25, 0.3) is 0 Å². The fraction of sp³-hybridized carbons (Fsp3) is 0.444. The van der Waals surface area contributed by atoms with Crippen molar-refractivity contribution in [2.24, 2.45) is 0 Å². The van der Waals surface area contributed by atoms with Crippen molar-refractivity contribution < 1.29 is 5.11 Å². The van der Waals surface area contributed by atoms with Crippen LogP contribution in [0.5, 0.6) is 0 Å². The van der Waals surface area contributed by atoms with E-state index in [1.807, 2.05) is 0 Å². The Labute approximate surface area is 185 Å². The maximum atomic E-state index is 9.80. The zero-order chi connectivity index (χ0) is 21.2. The predicted molar refractivity (Wildman–Crippen MR) is 129 cm³/mol. The highest BCUT2D eigenvalue weighted by molar-refractivity contribution is 5.95. The number of fused-ring (bicyclic) bond motifs is 1. The first-order valence-electron chi connectivity index (χ1n) is 11.9. The molecule has 2 aromatic carbocycles. The Morgan fingerprint density at radius 1 is 0.903 bits per heavy atom. The minimum absolute atomic E-state index is 0.102. The highest BCUT2D eigenvalue weighted by atomic mass is 16.3. The summed E-state index contributed by atoms with van der Waals surface area (Å²) in [7, 11) is 0. The van der Waals surface area contributed by atoms with Crippen LogP contribution in [0.4, 0.5) is 5.82 Å². The van der Waals surface area contributed by atoms with Crippen LogP contribution in [0.1, 0.15) is 44.1 Å². The number of aliphatic hydroxyl groups excluding tert-OH is 1. The number of hydrogen-bond donors (Lipinski definition) is 1. The number of rotatable bonds is 4. The summed E-state index contributed by atoms with van der Waals surface area (Å²) >= 11 is 0. The maximum absolute atomic E-state index is 9.80. The first-order chi connectivity index (χ1) is 15.2. The molecule has 2 heterocycles. The molecule has 3 aromatic rings. The van der Waals surface area contributed by atoms with Gasteiger partial charge in [-0.25, -0.2) is 4.98 Å². The highest BCUT2D eigenvalue weighted by Crippen LogP contribution is 2.35. The number of pyridine rings is 1. The molecule has 0 amide bonds. The van der Waals surface area contributed by atoms with Crippen molar-refractivity contribution in [1.82, 2.24) is 9.88 Å². The Balaban J connectivity index is 1.45. The topological polar surface area (TPSA) is 39.6 Å². The number of benzene rings is 2. The SMILES string of the molecule is CCN1CCN(c2nc(-c3ccc([C@H]4CC[C@H](O)CC4)cc3)cc3ccccc23)CC1. The molecule has 0 unspecified atom stereocenters. The van der Waals surface area contributed by atoms with Crippen molar-refractivity contribution in [3.8, 4) is 11.3 Å². The molecule has 1 saturated carbocycles. The lowest BCUT2D eigenvalue weighted by Crippen LogP contribution is -2.46. The zero-order valence-corrected chi connectivity index (χ0v) is 18.5. The number of piperazine rings is 1. The quantitative estimate of drug-likeness (QED) is 0.646. The normalized spacial score (nSPS) is 22.7. The van der Waals surface area contributed by atoms with Gasteiger partial charge in [0.1, 0.15) is 5.82 Å². The number of likely N-dealkylation sites (N-methyl/N-ethyl adjacent to an activating group) is 1. The molecule has 5 rings (SSSR count). The predicted octanol–water partition coefficient (Wildman–Crippen LogP) is 5.06. The molecule has 1 aliphatic heterocycles. The van der Waals surface area contributed by atoms with E-state index in [-0.39, 0.29) is 6.10 Å². The van der Waals surface area contributed by atoms with E-state index in [9.17, 15) is 5.11 Å². The summed E-state index contributed by atoms with van der Waals surface area (Å²) in [5.74, 6) is 1.70. The standard InChI is InChI=1S/C27H33N3O/c1-2-29-15-17-30(18-16-29)27-25-6-4-3-5-23(25)19-26(28-27)22-9-7-20(8-10-22)21-11-13-24(31)14-12-21/h3-10,19,21,24,31H,2,11-18H2,1H3/t21-,24-. The second kappa shape index (κ2) is 8.97. The van der Waals surface area contributed by atoms with Gasteiger partial charge in [0.05, 0.1) is 11.8 Å². The second-order valence-corrected chi connectivity index (χ2v) is 9.10. The summed E-state index contributed by atoms with van der Waals surface area (Å²) in [5, 5.41) is 12.3. The van der Waals surface area contributed by atoms with Crippen LogP contribution in [-0.4, -0.2) is 53.8 Å². The van der Waals surface area contributed by atoms with Gasteiger partial charge in [0.2, 0.25) is 0 Å². The second-order valence-electron chi connectivity index (χ2n) is 9.10. The molecule has 0 atom stereocenters. The van der Waals surface area contributed by atoms with Crippen LogP contribution in [0, 0.1) is 0 Å². The maximum Gasteiger partial charge on any atom is 0.137 e. The summed E-state index contributed by atoms with van der Waals surface area (Å²) < 4.78 is 0.